The third-order valence-electron chi connectivity index (χ3n) is 4.75. The zero-order valence-electron chi connectivity index (χ0n) is 15.8. The summed E-state index contributed by atoms with van der Waals surface area (Å²) in [5.41, 5.74) is 3.29. The Balaban J connectivity index is 1.42. The van der Waals surface area contributed by atoms with E-state index < -0.39 is 0 Å². The lowest BCUT2D eigenvalue weighted by Gasteiger charge is -2.17. The van der Waals surface area contributed by atoms with Gasteiger partial charge in [-0.2, -0.15) is 0 Å². The number of amides is 1. The van der Waals surface area contributed by atoms with Crippen LogP contribution in [0.5, 0.6) is 0 Å². The van der Waals surface area contributed by atoms with E-state index in [9.17, 15) is 4.79 Å². The maximum atomic E-state index is 12.7. The lowest BCUT2D eigenvalue weighted by molar-refractivity contribution is 0.0790. The van der Waals surface area contributed by atoms with Crippen molar-refractivity contribution >= 4 is 17.0 Å². The Morgan fingerprint density at radius 1 is 1.14 bits per heavy atom. The van der Waals surface area contributed by atoms with Gasteiger partial charge in [0.2, 0.25) is 0 Å². The van der Waals surface area contributed by atoms with Crippen LogP contribution in [0.2, 0.25) is 0 Å². The molecule has 6 heteroatoms. The highest BCUT2D eigenvalue weighted by atomic mass is 16.3. The lowest BCUT2D eigenvalue weighted by Crippen LogP contribution is -2.29. The van der Waals surface area contributed by atoms with E-state index in [0.29, 0.717) is 30.1 Å². The van der Waals surface area contributed by atoms with Crippen LogP contribution in [0, 0.1) is 0 Å². The van der Waals surface area contributed by atoms with Crippen LogP contribution in [0.15, 0.2) is 71.7 Å². The molecule has 0 spiro atoms. The van der Waals surface area contributed by atoms with Crippen LogP contribution in [0.4, 0.5) is 0 Å². The number of carbonyl (C=O) groups is 1. The summed E-state index contributed by atoms with van der Waals surface area (Å²) in [6.07, 6.45) is 6.96. The molecule has 0 atom stereocenters. The molecule has 0 aliphatic rings. The Kier molecular flexibility index (Phi) is 5.19. The molecule has 0 bridgehead atoms. The van der Waals surface area contributed by atoms with E-state index in [4.69, 9.17) is 4.42 Å². The van der Waals surface area contributed by atoms with Crippen LogP contribution >= 0.6 is 0 Å². The molecule has 1 amide bonds. The summed E-state index contributed by atoms with van der Waals surface area (Å²) in [5, 5.41) is 0. The predicted octanol–water partition coefficient (Wildman–Crippen LogP) is 3.58. The molecule has 0 fully saturated rings. The number of rotatable bonds is 7. The summed E-state index contributed by atoms with van der Waals surface area (Å²) in [5.74, 6) is 0.660. The van der Waals surface area contributed by atoms with E-state index >= 15 is 0 Å². The second-order valence-electron chi connectivity index (χ2n) is 6.80. The maximum Gasteiger partial charge on any atom is 0.253 e. The molecule has 0 radical (unpaired) electrons. The van der Waals surface area contributed by atoms with Gasteiger partial charge in [0.05, 0.1) is 6.33 Å². The van der Waals surface area contributed by atoms with E-state index in [-0.39, 0.29) is 5.91 Å². The fourth-order valence-corrected chi connectivity index (χ4v) is 3.12. The first kappa shape index (κ1) is 18.0. The summed E-state index contributed by atoms with van der Waals surface area (Å²) in [6, 6.07) is 15.7. The zero-order valence-corrected chi connectivity index (χ0v) is 15.8. The van der Waals surface area contributed by atoms with Gasteiger partial charge in [0.1, 0.15) is 5.52 Å². The molecule has 6 nitrogen and oxygen atoms in total. The highest BCUT2D eigenvalue weighted by Gasteiger charge is 2.14. The van der Waals surface area contributed by atoms with Gasteiger partial charge in [0, 0.05) is 44.5 Å². The Morgan fingerprint density at radius 2 is 2.00 bits per heavy atom. The van der Waals surface area contributed by atoms with Gasteiger partial charge in [0.15, 0.2) is 11.5 Å². The van der Waals surface area contributed by atoms with Gasteiger partial charge in [-0.15, -0.1) is 0 Å². The Labute approximate surface area is 163 Å². The second-order valence-corrected chi connectivity index (χ2v) is 6.80. The highest BCUT2D eigenvalue weighted by Crippen LogP contribution is 2.19. The largest absolute Gasteiger partial charge is 0.441 e. The minimum absolute atomic E-state index is 0.0316. The molecule has 0 aliphatic carbocycles. The average molecular weight is 374 g/mol. The molecular weight excluding hydrogens is 352 g/mol. The molecular formula is C22H22N4O2. The molecule has 0 aliphatic heterocycles. The lowest BCUT2D eigenvalue weighted by atomic mass is 10.1. The van der Waals surface area contributed by atoms with E-state index in [1.165, 1.54) is 5.56 Å². The van der Waals surface area contributed by atoms with Crippen LogP contribution in [0.1, 0.15) is 21.8 Å². The van der Waals surface area contributed by atoms with Gasteiger partial charge in [-0.05, 0) is 30.2 Å². The van der Waals surface area contributed by atoms with Crippen molar-refractivity contribution < 1.29 is 9.21 Å². The van der Waals surface area contributed by atoms with Crippen molar-refractivity contribution in [2.45, 2.75) is 19.4 Å². The van der Waals surface area contributed by atoms with Crippen LogP contribution in [-0.4, -0.2) is 38.9 Å². The standard InChI is InChI=1S/C22H22N4O2/c1-25(13-14-26-12-11-23-16-26)22(27)18-8-9-20-19(15-18)24-21(28-20)10-7-17-5-3-2-4-6-17/h2-6,8-9,11-12,15-16H,7,10,13-14H2,1H3. The van der Waals surface area contributed by atoms with Gasteiger partial charge < -0.3 is 13.9 Å². The summed E-state index contributed by atoms with van der Waals surface area (Å²) in [6.45, 7) is 1.31. The molecule has 2 heterocycles. The third kappa shape index (κ3) is 4.11. The van der Waals surface area contributed by atoms with Gasteiger partial charge >= 0.3 is 0 Å². The van der Waals surface area contributed by atoms with E-state index in [2.05, 4.69) is 22.1 Å². The van der Waals surface area contributed by atoms with Crippen molar-refractivity contribution in [2.24, 2.45) is 0 Å². The average Bonchev–Trinajstić information content (AvgIpc) is 3.39. The molecule has 0 unspecified atom stereocenters. The normalized spacial score (nSPS) is 11.0. The number of carbonyl (C=O) groups excluding carboxylic acids is 1. The molecule has 0 N–H and O–H groups in total. The van der Waals surface area contributed by atoms with Gasteiger partial charge in [-0.3, -0.25) is 4.79 Å². The highest BCUT2D eigenvalue weighted by molar-refractivity contribution is 5.96. The topological polar surface area (TPSA) is 64.2 Å². The number of aryl methyl sites for hydroxylation is 2. The number of likely N-dealkylation sites (N-methyl/N-ethyl adjacent to an activating group) is 1. The van der Waals surface area contributed by atoms with Gasteiger partial charge in [0.25, 0.3) is 5.91 Å². The van der Waals surface area contributed by atoms with Gasteiger partial charge in [-0.1, -0.05) is 30.3 Å². The van der Waals surface area contributed by atoms with Crippen molar-refractivity contribution in [3.8, 4) is 0 Å². The summed E-state index contributed by atoms with van der Waals surface area (Å²) < 4.78 is 7.78. The minimum Gasteiger partial charge on any atom is -0.441 e. The molecule has 2 aromatic heterocycles. The molecule has 0 saturated heterocycles. The summed E-state index contributed by atoms with van der Waals surface area (Å²) in [4.78, 5) is 23.0. The smallest absolute Gasteiger partial charge is 0.253 e. The monoisotopic (exact) mass is 374 g/mol. The first-order valence-electron chi connectivity index (χ1n) is 9.33. The Morgan fingerprint density at radius 3 is 2.79 bits per heavy atom. The first-order chi connectivity index (χ1) is 13.7. The number of hydrogen-bond donors (Lipinski definition) is 0. The molecule has 2 aromatic carbocycles. The first-order valence-corrected chi connectivity index (χ1v) is 9.33. The number of nitrogens with zero attached hydrogens (tertiary/aromatic N) is 4. The summed E-state index contributed by atoms with van der Waals surface area (Å²) >= 11 is 0. The zero-order chi connectivity index (χ0) is 19.3. The molecule has 4 rings (SSSR count). The number of imidazole rings is 1. The molecule has 28 heavy (non-hydrogen) atoms. The number of oxazole rings is 1. The fraction of sp³-hybridized carbons (Fsp3) is 0.227. The van der Waals surface area contributed by atoms with E-state index in [1.54, 1.807) is 36.6 Å². The van der Waals surface area contributed by atoms with Crippen molar-refractivity contribution in [1.29, 1.82) is 0 Å². The minimum atomic E-state index is -0.0316. The quantitative estimate of drug-likeness (QED) is 0.496. The van der Waals surface area contributed by atoms with Gasteiger partial charge in [-0.25, -0.2) is 9.97 Å². The maximum absolute atomic E-state index is 12.7. The van der Waals surface area contributed by atoms with E-state index in [0.717, 1.165) is 18.4 Å². The second kappa shape index (κ2) is 8.08. The van der Waals surface area contributed by atoms with Crippen LogP contribution in [-0.2, 0) is 19.4 Å². The third-order valence-corrected chi connectivity index (χ3v) is 4.75. The predicted molar refractivity (Wildman–Crippen MR) is 107 cm³/mol. The molecule has 4 aromatic rings. The number of benzene rings is 2. The van der Waals surface area contributed by atoms with Crippen LogP contribution in [0.25, 0.3) is 11.1 Å². The number of fused-ring (bicyclic) bond motifs is 1. The molecule has 142 valence electrons. The van der Waals surface area contributed by atoms with Crippen LogP contribution in [0.3, 0.4) is 0 Å². The number of hydrogen-bond acceptors (Lipinski definition) is 4. The fourth-order valence-electron chi connectivity index (χ4n) is 3.12. The number of aromatic nitrogens is 3. The Hall–Kier alpha value is -3.41. The molecule has 0 saturated carbocycles. The van der Waals surface area contributed by atoms with Crippen molar-refractivity contribution in [3.05, 3.63) is 84.3 Å². The van der Waals surface area contributed by atoms with Crippen molar-refractivity contribution in [1.82, 2.24) is 19.4 Å². The SMILES string of the molecule is CN(CCn1ccnc1)C(=O)c1ccc2oc(CCc3ccccc3)nc2c1. The van der Waals surface area contributed by atoms with Crippen LogP contribution < -0.4 is 0 Å². The van der Waals surface area contributed by atoms with Crippen molar-refractivity contribution in [2.75, 3.05) is 13.6 Å². The van der Waals surface area contributed by atoms with E-state index in [1.807, 2.05) is 35.0 Å². The Bertz CT molecular complexity index is 1050. The summed E-state index contributed by atoms with van der Waals surface area (Å²) in [7, 11) is 1.80. The van der Waals surface area contributed by atoms with Crippen molar-refractivity contribution in [3.63, 3.8) is 0 Å².